The number of halogens is 1. The van der Waals surface area contributed by atoms with Crippen LogP contribution in [0.3, 0.4) is 0 Å². The van der Waals surface area contributed by atoms with Gasteiger partial charge in [0.05, 0.1) is 0 Å². The van der Waals surface area contributed by atoms with Crippen LogP contribution in [-0.4, -0.2) is 0 Å². The molecule has 0 atom stereocenters. The monoisotopic (exact) mass is 175 g/mol. The van der Waals surface area contributed by atoms with Crippen molar-refractivity contribution in [2.24, 2.45) is 5.34 Å². The van der Waals surface area contributed by atoms with Crippen LogP contribution in [-0.2, 0) is 0 Å². The van der Waals surface area contributed by atoms with Gasteiger partial charge in [-0.15, -0.1) is 5.34 Å². The highest BCUT2D eigenvalue weighted by Gasteiger charge is 0.958. The van der Waals surface area contributed by atoms with E-state index in [1.807, 2.05) is 0 Å². The molecule has 3 nitrogen and oxygen atoms in total. The minimum Gasteiger partial charge on any atom is -0.444 e. The van der Waals surface area contributed by atoms with Crippen LogP contribution < -0.4 is 24.0 Å². The number of hydrogen-bond acceptors (Lipinski definition) is 3. The molecule has 0 saturated heterocycles. The van der Waals surface area contributed by atoms with Gasteiger partial charge in [0.1, 0.15) is 0 Å². The number of rotatable bonds is 0. The van der Waals surface area contributed by atoms with Gasteiger partial charge in [0, 0.05) is 0 Å². The lowest BCUT2D eigenvalue weighted by atomic mass is 13.4. The number of nitrogens with zero attached hydrogens (tertiary/aromatic N) is 1. The van der Waals surface area contributed by atoms with Gasteiger partial charge in [-0.2, -0.15) is 0 Å². The third-order valence-electron chi connectivity index (χ3n) is 0. The van der Waals surface area contributed by atoms with Crippen LogP contribution in [0.2, 0.25) is 0 Å². The summed E-state index contributed by atoms with van der Waals surface area (Å²) in [5.41, 5.74) is 0. The SMILES string of the molecule is O=N[O-].[IH2+]. The van der Waals surface area contributed by atoms with Crippen molar-refractivity contribution in [3.8, 4) is 0 Å². The van der Waals surface area contributed by atoms with Crippen LogP contribution in [0.1, 0.15) is 0 Å². The van der Waals surface area contributed by atoms with E-state index in [0.717, 1.165) is 5.34 Å². The summed E-state index contributed by atoms with van der Waals surface area (Å²) in [6.45, 7) is 0. The molecule has 0 aromatic carbocycles. The Morgan fingerprint density at radius 3 is 1.75 bits per heavy atom. The Balaban J connectivity index is 0. The molecule has 0 heterocycles. The molecule has 4 heteroatoms. The second kappa shape index (κ2) is 11.1. The zero-order chi connectivity index (χ0) is 2.71. The Morgan fingerprint density at radius 2 is 1.75 bits per heavy atom. The molecule has 4 heavy (non-hydrogen) atoms. The molecule has 0 spiro atoms. The first-order chi connectivity index (χ1) is 1.41. The van der Waals surface area contributed by atoms with Crippen LogP contribution in [0.15, 0.2) is 5.34 Å². The van der Waals surface area contributed by atoms with Gasteiger partial charge < -0.3 is 10.1 Å². The minimum atomic E-state index is 0. The topological polar surface area (TPSA) is 52.5 Å². The highest BCUT2D eigenvalue weighted by Crippen LogP contribution is 1.34. The summed E-state index contributed by atoms with van der Waals surface area (Å²) in [7, 11) is 0. The van der Waals surface area contributed by atoms with Gasteiger partial charge >= 0.3 is 0 Å². The number of hydrogen-bond donors (Lipinski definition) is 0. The van der Waals surface area contributed by atoms with Crippen LogP contribution >= 0.6 is 0 Å². The summed E-state index contributed by atoms with van der Waals surface area (Å²) < 4.78 is 0. The molecule has 0 fully saturated rings. The molecule has 0 aliphatic carbocycles. The third-order valence-corrected chi connectivity index (χ3v) is 0. The standard InChI is InChI=1S/H2I.HNO2/c;2-1-3/h1H2;(H,2,3)/q+1;/p-1. The van der Waals surface area contributed by atoms with Gasteiger partial charge in [-0.3, -0.25) is 0 Å². The molecule has 26 valence electrons. The predicted molar refractivity (Wildman–Crippen MR) is 12.0 cm³/mol. The van der Waals surface area contributed by atoms with Crippen molar-refractivity contribution in [2.45, 2.75) is 0 Å². The highest BCUT2D eigenvalue weighted by molar-refractivity contribution is 4.21. The molecule has 0 rings (SSSR count). The normalized spacial score (nSPS) is 3.00. The second-order valence-corrected chi connectivity index (χ2v) is 0.0745. The van der Waals surface area contributed by atoms with Crippen molar-refractivity contribution in [2.75, 3.05) is 0 Å². The van der Waals surface area contributed by atoms with E-state index in [1.54, 1.807) is 0 Å². The quantitative estimate of drug-likeness (QED) is 0.220. The fourth-order valence-electron chi connectivity index (χ4n) is 0. The smallest absolute Gasteiger partial charge is 0.235 e. The highest BCUT2D eigenvalue weighted by atomic mass is 127. The van der Waals surface area contributed by atoms with Crippen LogP contribution in [0.5, 0.6) is 0 Å². The molecule has 0 bridgehead atoms. The van der Waals surface area contributed by atoms with Crippen molar-refractivity contribution in [1.82, 2.24) is 0 Å². The average molecular weight is 175 g/mol. The van der Waals surface area contributed by atoms with Crippen molar-refractivity contribution < 1.29 is 24.0 Å². The second-order valence-electron chi connectivity index (χ2n) is 0.0745. The Hall–Kier alpha value is 0.130. The lowest BCUT2D eigenvalue weighted by Gasteiger charge is -1.51. The van der Waals surface area contributed by atoms with E-state index in [2.05, 4.69) is 0 Å². The Bertz CT molecular complexity index is 13.5. The van der Waals surface area contributed by atoms with E-state index in [1.165, 1.54) is 0 Å². The lowest BCUT2D eigenvalue weighted by molar-refractivity contribution is -0.000000716. The average Bonchev–Trinajstić information content (AvgIpc) is 0.918. The van der Waals surface area contributed by atoms with Crippen molar-refractivity contribution in [3.05, 3.63) is 10.1 Å². The van der Waals surface area contributed by atoms with E-state index >= 15 is 0 Å². The Morgan fingerprint density at radius 1 is 1.75 bits per heavy atom. The summed E-state index contributed by atoms with van der Waals surface area (Å²) in [6.07, 6.45) is 0. The van der Waals surface area contributed by atoms with E-state index in [-0.39, 0.29) is 24.0 Å². The van der Waals surface area contributed by atoms with Crippen molar-refractivity contribution in [3.63, 3.8) is 0 Å². The Kier molecular flexibility index (Phi) is 24.8. The molecule has 0 radical (unpaired) electrons. The van der Waals surface area contributed by atoms with Crippen molar-refractivity contribution in [1.29, 1.82) is 0 Å². The first kappa shape index (κ1) is 8.92. The zero-order valence-electron chi connectivity index (χ0n) is 1.71. The molecule has 0 aromatic heterocycles. The van der Waals surface area contributed by atoms with E-state index in [9.17, 15) is 0 Å². The predicted octanol–water partition coefficient (Wildman–Crippen LogP) is -3.28. The molecular weight excluding hydrogens is 173 g/mol. The summed E-state index contributed by atoms with van der Waals surface area (Å²) in [6, 6.07) is 0. The molecule has 0 aliphatic heterocycles. The molecular formula is H2INO2. The largest absolute Gasteiger partial charge is 0.444 e. The van der Waals surface area contributed by atoms with Gasteiger partial charge in [-0.25, -0.2) is 0 Å². The van der Waals surface area contributed by atoms with E-state index in [0.29, 0.717) is 0 Å². The van der Waals surface area contributed by atoms with Gasteiger partial charge in [-0.05, 0) is 0 Å². The summed E-state index contributed by atoms with van der Waals surface area (Å²) in [4.78, 5) is 8.00. The summed E-state index contributed by atoms with van der Waals surface area (Å²) in [5, 5.41) is 9.00. The fourth-order valence-corrected chi connectivity index (χ4v) is 0. The molecule has 0 N–H and O–H groups in total. The van der Waals surface area contributed by atoms with E-state index in [4.69, 9.17) is 10.1 Å². The molecule has 0 aliphatic rings. The summed E-state index contributed by atoms with van der Waals surface area (Å²) >= 11 is 0. The fraction of sp³-hybridized carbons (Fsp3) is 0. The van der Waals surface area contributed by atoms with Gasteiger partial charge in [0.15, 0.2) is 0 Å². The summed E-state index contributed by atoms with van der Waals surface area (Å²) in [5.74, 6) is 0. The maximum Gasteiger partial charge on any atom is 0.235 e. The van der Waals surface area contributed by atoms with Crippen LogP contribution in [0, 0.1) is 10.1 Å². The maximum absolute atomic E-state index is 8.00. The first-order valence-electron chi connectivity index (χ1n) is 0.365. The van der Waals surface area contributed by atoms with Gasteiger partial charge in [0.2, 0.25) is 24.0 Å². The molecule has 0 aromatic rings. The van der Waals surface area contributed by atoms with Gasteiger partial charge in [-0.1, -0.05) is 0 Å². The maximum atomic E-state index is 8.00. The Labute approximate surface area is 40.0 Å². The van der Waals surface area contributed by atoms with Crippen LogP contribution in [0.4, 0.5) is 0 Å². The minimum absolute atomic E-state index is 0. The molecule has 0 amide bonds. The van der Waals surface area contributed by atoms with Crippen molar-refractivity contribution >= 4 is 0 Å². The zero-order valence-corrected chi connectivity index (χ0v) is 4.26. The lowest BCUT2D eigenvalue weighted by Crippen LogP contribution is -3.00. The third kappa shape index (κ3) is 161. The van der Waals surface area contributed by atoms with E-state index < -0.39 is 0 Å². The first-order valence-corrected chi connectivity index (χ1v) is 0.365. The molecule has 0 unspecified atom stereocenters. The molecule has 0 saturated carbocycles. The van der Waals surface area contributed by atoms with Gasteiger partial charge in [0.25, 0.3) is 0 Å². The van der Waals surface area contributed by atoms with Crippen LogP contribution in [0.25, 0.3) is 0 Å².